The summed E-state index contributed by atoms with van der Waals surface area (Å²) in [6.45, 7) is 0.762. The topological polar surface area (TPSA) is 91.8 Å². The van der Waals surface area contributed by atoms with Gasteiger partial charge in [0.2, 0.25) is 5.95 Å². The molecule has 0 atom stereocenters. The summed E-state index contributed by atoms with van der Waals surface area (Å²) in [5.41, 5.74) is 8.31. The molecule has 0 aliphatic rings. The number of amides is 1. The molecule has 0 aliphatic heterocycles. The largest absolute Gasteiger partial charge is 0.343 e. The van der Waals surface area contributed by atoms with E-state index in [9.17, 15) is 9.59 Å². The maximum Gasteiger partial charge on any atom is 0.269 e. The van der Waals surface area contributed by atoms with Crippen molar-refractivity contribution >= 4 is 33.7 Å². The molecule has 5 rings (SSSR count). The van der Waals surface area contributed by atoms with Gasteiger partial charge in [0.15, 0.2) is 0 Å². The number of para-hydroxylation sites is 1. The van der Waals surface area contributed by atoms with Crippen molar-refractivity contribution in [2.75, 3.05) is 5.43 Å². The number of hydrogen-bond donors (Lipinski definition) is 3. The highest BCUT2D eigenvalue weighted by molar-refractivity contribution is 5.98. The molecule has 0 unspecified atom stereocenters. The SMILES string of the molecule is O=C(NNc1nc2ccccc2c(=O)[nH]1)c1ccc2c(ccn2Cc2ccccc2)c1. The molecule has 7 heteroatoms. The Balaban J connectivity index is 1.33. The van der Waals surface area contributed by atoms with Crippen LogP contribution in [0.1, 0.15) is 15.9 Å². The van der Waals surface area contributed by atoms with Gasteiger partial charge in [-0.05, 0) is 42.0 Å². The average molecular weight is 409 g/mol. The van der Waals surface area contributed by atoms with Crippen LogP contribution in [0, 0.1) is 0 Å². The number of H-pyrrole nitrogens is 1. The van der Waals surface area contributed by atoms with E-state index in [2.05, 4.69) is 37.5 Å². The molecule has 0 fully saturated rings. The number of rotatable bonds is 5. The molecule has 0 saturated heterocycles. The fraction of sp³-hybridized carbons (Fsp3) is 0.0417. The molecule has 2 heterocycles. The van der Waals surface area contributed by atoms with Gasteiger partial charge in [-0.25, -0.2) is 4.98 Å². The monoisotopic (exact) mass is 409 g/mol. The first-order valence-corrected chi connectivity index (χ1v) is 9.86. The maximum absolute atomic E-state index is 12.6. The summed E-state index contributed by atoms with van der Waals surface area (Å²) in [5, 5.41) is 1.46. The van der Waals surface area contributed by atoms with Crippen molar-refractivity contribution in [1.82, 2.24) is 20.0 Å². The molecule has 7 nitrogen and oxygen atoms in total. The molecule has 0 bridgehead atoms. The summed E-state index contributed by atoms with van der Waals surface area (Å²) < 4.78 is 2.15. The van der Waals surface area contributed by atoms with E-state index in [1.165, 1.54) is 5.56 Å². The van der Waals surface area contributed by atoms with Crippen molar-refractivity contribution in [3.8, 4) is 0 Å². The Kier molecular flexibility index (Phi) is 4.68. The summed E-state index contributed by atoms with van der Waals surface area (Å²) in [6.07, 6.45) is 2.02. The number of nitrogens with one attached hydrogen (secondary N) is 3. The Bertz CT molecular complexity index is 1450. The number of carbonyl (C=O) groups excluding carboxylic acids is 1. The average Bonchev–Trinajstić information content (AvgIpc) is 3.20. The minimum Gasteiger partial charge on any atom is -0.343 e. The molecule has 1 amide bonds. The van der Waals surface area contributed by atoms with E-state index in [-0.39, 0.29) is 17.4 Å². The lowest BCUT2D eigenvalue weighted by molar-refractivity contribution is 0.0962. The van der Waals surface area contributed by atoms with Crippen molar-refractivity contribution in [2.24, 2.45) is 0 Å². The molecule has 3 aromatic carbocycles. The first kappa shape index (κ1) is 18.6. The van der Waals surface area contributed by atoms with Crippen molar-refractivity contribution in [1.29, 1.82) is 0 Å². The summed E-state index contributed by atoms with van der Waals surface area (Å²) in [4.78, 5) is 31.7. The quantitative estimate of drug-likeness (QED) is 0.386. The smallest absolute Gasteiger partial charge is 0.269 e. The Morgan fingerprint density at radius 3 is 2.65 bits per heavy atom. The summed E-state index contributed by atoms with van der Waals surface area (Å²) in [6, 6.07) is 24.8. The molecule has 2 aromatic heterocycles. The van der Waals surface area contributed by atoms with Gasteiger partial charge in [-0.2, -0.15) is 0 Å². The summed E-state index contributed by atoms with van der Waals surface area (Å²) >= 11 is 0. The molecule has 31 heavy (non-hydrogen) atoms. The zero-order valence-corrected chi connectivity index (χ0v) is 16.5. The normalized spacial score (nSPS) is 11.0. The van der Waals surface area contributed by atoms with E-state index < -0.39 is 0 Å². The van der Waals surface area contributed by atoms with Crippen molar-refractivity contribution in [3.63, 3.8) is 0 Å². The number of hydrazine groups is 1. The number of carbonyl (C=O) groups is 1. The third-order valence-electron chi connectivity index (χ3n) is 5.14. The molecule has 0 radical (unpaired) electrons. The van der Waals surface area contributed by atoms with Crippen LogP contribution >= 0.6 is 0 Å². The van der Waals surface area contributed by atoms with Gasteiger partial charge in [0.05, 0.1) is 10.9 Å². The number of aromatic amines is 1. The fourth-order valence-electron chi connectivity index (χ4n) is 3.59. The molecule has 0 spiro atoms. The Hall–Kier alpha value is -4.39. The standard InChI is InChI=1S/C24H19N5O2/c30-22(27-28-24-25-20-9-5-4-8-19(20)23(31)26-24)18-10-11-21-17(14-18)12-13-29(21)15-16-6-2-1-3-7-16/h1-14H,15H2,(H,27,30)(H2,25,26,28,31). The van der Waals surface area contributed by atoms with Gasteiger partial charge in [-0.15, -0.1) is 0 Å². The lowest BCUT2D eigenvalue weighted by Gasteiger charge is -2.09. The van der Waals surface area contributed by atoms with Gasteiger partial charge in [0, 0.05) is 29.2 Å². The third-order valence-corrected chi connectivity index (χ3v) is 5.14. The number of aromatic nitrogens is 3. The Morgan fingerprint density at radius 1 is 0.968 bits per heavy atom. The molecular formula is C24H19N5O2. The fourth-order valence-corrected chi connectivity index (χ4v) is 3.59. The van der Waals surface area contributed by atoms with Crippen LogP contribution in [0.2, 0.25) is 0 Å². The Morgan fingerprint density at radius 2 is 1.77 bits per heavy atom. The van der Waals surface area contributed by atoms with Crippen LogP contribution in [0.5, 0.6) is 0 Å². The van der Waals surface area contributed by atoms with E-state index >= 15 is 0 Å². The highest BCUT2D eigenvalue weighted by Gasteiger charge is 2.10. The first-order chi connectivity index (χ1) is 15.2. The summed E-state index contributed by atoms with van der Waals surface area (Å²) in [7, 11) is 0. The van der Waals surface area contributed by atoms with Gasteiger partial charge < -0.3 is 4.57 Å². The van der Waals surface area contributed by atoms with Crippen LogP contribution in [0.15, 0.2) is 89.9 Å². The predicted octanol–water partition coefficient (Wildman–Crippen LogP) is 3.68. The van der Waals surface area contributed by atoms with Crippen LogP contribution in [0.3, 0.4) is 0 Å². The van der Waals surface area contributed by atoms with Gasteiger partial charge in [0.1, 0.15) is 0 Å². The highest BCUT2D eigenvalue weighted by Crippen LogP contribution is 2.19. The van der Waals surface area contributed by atoms with Crippen LogP contribution in [0.4, 0.5) is 5.95 Å². The number of hydrogen-bond acceptors (Lipinski definition) is 4. The molecule has 152 valence electrons. The first-order valence-electron chi connectivity index (χ1n) is 9.86. The molecule has 3 N–H and O–H groups in total. The van der Waals surface area contributed by atoms with E-state index in [4.69, 9.17) is 0 Å². The number of nitrogens with zero attached hydrogens (tertiary/aromatic N) is 2. The van der Waals surface area contributed by atoms with Gasteiger partial charge in [-0.1, -0.05) is 42.5 Å². The zero-order valence-electron chi connectivity index (χ0n) is 16.5. The lowest BCUT2D eigenvalue weighted by atomic mass is 10.1. The third kappa shape index (κ3) is 3.76. The maximum atomic E-state index is 12.6. The lowest BCUT2D eigenvalue weighted by Crippen LogP contribution is -2.31. The second-order valence-electron chi connectivity index (χ2n) is 7.21. The molecule has 5 aromatic rings. The molecular weight excluding hydrogens is 390 g/mol. The number of anilines is 1. The van der Waals surface area contributed by atoms with Crippen LogP contribution < -0.4 is 16.4 Å². The van der Waals surface area contributed by atoms with Crippen molar-refractivity contribution in [3.05, 3.63) is 107 Å². The number of fused-ring (bicyclic) bond motifs is 2. The summed E-state index contributed by atoms with van der Waals surface area (Å²) in [5.74, 6) is -0.152. The van der Waals surface area contributed by atoms with Gasteiger partial charge in [0.25, 0.3) is 11.5 Å². The van der Waals surface area contributed by atoms with E-state index in [1.807, 2.05) is 42.6 Å². The molecule has 0 saturated carbocycles. The van der Waals surface area contributed by atoms with Crippen molar-refractivity contribution < 1.29 is 4.79 Å². The second-order valence-corrected chi connectivity index (χ2v) is 7.21. The minimum absolute atomic E-state index is 0.173. The number of benzene rings is 3. The van der Waals surface area contributed by atoms with E-state index in [1.54, 1.807) is 30.3 Å². The van der Waals surface area contributed by atoms with Crippen LogP contribution in [-0.2, 0) is 6.54 Å². The van der Waals surface area contributed by atoms with Gasteiger partial charge >= 0.3 is 0 Å². The Labute approximate surface area is 177 Å². The predicted molar refractivity (Wildman–Crippen MR) is 121 cm³/mol. The van der Waals surface area contributed by atoms with E-state index in [0.717, 1.165) is 17.4 Å². The zero-order chi connectivity index (χ0) is 21.2. The van der Waals surface area contributed by atoms with Crippen molar-refractivity contribution in [2.45, 2.75) is 6.54 Å². The minimum atomic E-state index is -0.325. The van der Waals surface area contributed by atoms with Crippen LogP contribution in [0.25, 0.3) is 21.8 Å². The van der Waals surface area contributed by atoms with E-state index in [0.29, 0.717) is 16.5 Å². The highest BCUT2D eigenvalue weighted by atomic mass is 16.2. The molecule has 0 aliphatic carbocycles. The van der Waals surface area contributed by atoms with Crippen LogP contribution in [-0.4, -0.2) is 20.4 Å². The van der Waals surface area contributed by atoms with Gasteiger partial charge in [-0.3, -0.25) is 25.4 Å². The second kappa shape index (κ2) is 7.79.